The minimum Gasteiger partial charge on any atom is -0.490 e. The summed E-state index contributed by atoms with van der Waals surface area (Å²) in [7, 11) is 0. The predicted octanol–water partition coefficient (Wildman–Crippen LogP) is 4.68. The molecule has 0 unspecified atom stereocenters. The summed E-state index contributed by atoms with van der Waals surface area (Å²) in [5, 5.41) is 3.82. The van der Waals surface area contributed by atoms with Crippen molar-refractivity contribution < 1.29 is 14.3 Å². The zero-order valence-corrected chi connectivity index (χ0v) is 18.5. The van der Waals surface area contributed by atoms with Gasteiger partial charge in [0, 0.05) is 24.0 Å². The molecule has 28 heavy (non-hydrogen) atoms. The quantitative estimate of drug-likeness (QED) is 0.581. The number of nitrogens with one attached hydrogen (secondary N) is 1. The number of carbonyl (C=O) groups excluding carboxylic acids is 1. The number of rotatable bonds is 10. The van der Waals surface area contributed by atoms with E-state index in [9.17, 15) is 4.79 Å². The Morgan fingerprint density at radius 3 is 2.50 bits per heavy atom. The normalized spacial score (nSPS) is 11.0. The molecule has 1 aromatic carbocycles. The second-order valence-corrected chi connectivity index (χ2v) is 7.88. The topological polar surface area (TPSA) is 65.4 Å². The van der Waals surface area contributed by atoms with Crippen molar-refractivity contribution in [2.75, 3.05) is 24.3 Å². The van der Waals surface area contributed by atoms with Crippen LogP contribution in [0.25, 0.3) is 0 Å². The molecule has 0 atom stereocenters. The number of anilines is 1. The summed E-state index contributed by atoms with van der Waals surface area (Å²) in [6, 6.07) is 5.44. The van der Waals surface area contributed by atoms with Crippen molar-refractivity contribution >= 4 is 23.4 Å². The maximum Gasteiger partial charge on any atom is 0.234 e. The lowest BCUT2D eigenvalue weighted by molar-refractivity contribution is -0.113. The Morgan fingerprint density at radius 2 is 1.86 bits per heavy atom. The Bertz CT molecular complexity index is 802. The molecule has 0 saturated carbocycles. The van der Waals surface area contributed by atoms with E-state index in [1.54, 1.807) is 6.07 Å². The second-order valence-electron chi connectivity index (χ2n) is 6.93. The Morgan fingerprint density at radius 1 is 1.18 bits per heavy atom. The molecule has 0 saturated heterocycles. The molecule has 6 nitrogen and oxygen atoms in total. The van der Waals surface area contributed by atoms with E-state index in [-0.39, 0.29) is 5.91 Å². The number of hydrogen-bond donors (Lipinski definition) is 1. The fourth-order valence-corrected chi connectivity index (χ4v) is 3.67. The van der Waals surface area contributed by atoms with Crippen LogP contribution in [0, 0.1) is 19.8 Å². The summed E-state index contributed by atoms with van der Waals surface area (Å²) in [6.45, 7) is 14.3. The van der Waals surface area contributed by atoms with Gasteiger partial charge < -0.3 is 19.4 Å². The van der Waals surface area contributed by atoms with Crippen LogP contribution in [0.5, 0.6) is 11.5 Å². The van der Waals surface area contributed by atoms with Gasteiger partial charge in [0.1, 0.15) is 0 Å². The van der Waals surface area contributed by atoms with E-state index in [0.717, 1.165) is 23.1 Å². The number of imidazole rings is 1. The standard InChI is InChI=1S/C21H31N3O3S/c1-7-26-18-10-9-17(11-19(18)27-8-2)23-20(25)13-28-21-22-15(5)16(6)24(21)12-14(3)4/h9-11,14H,7-8,12-13H2,1-6H3,(H,23,25). The van der Waals surface area contributed by atoms with Gasteiger partial charge in [-0.3, -0.25) is 4.79 Å². The highest BCUT2D eigenvalue weighted by molar-refractivity contribution is 7.99. The van der Waals surface area contributed by atoms with Crippen molar-refractivity contribution in [3.05, 3.63) is 29.6 Å². The van der Waals surface area contributed by atoms with Crippen molar-refractivity contribution in [1.29, 1.82) is 0 Å². The van der Waals surface area contributed by atoms with Crippen LogP contribution >= 0.6 is 11.8 Å². The SMILES string of the molecule is CCOc1ccc(NC(=O)CSc2nc(C)c(C)n2CC(C)C)cc1OCC. The van der Waals surface area contributed by atoms with Crippen LogP contribution in [0.1, 0.15) is 39.1 Å². The molecule has 154 valence electrons. The van der Waals surface area contributed by atoms with Crippen molar-refractivity contribution in [2.45, 2.75) is 53.2 Å². The Hall–Kier alpha value is -2.15. The highest BCUT2D eigenvalue weighted by Crippen LogP contribution is 2.31. The molecule has 0 radical (unpaired) electrons. The van der Waals surface area contributed by atoms with Gasteiger partial charge in [-0.25, -0.2) is 4.98 Å². The molecule has 0 aliphatic carbocycles. The fourth-order valence-electron chi connectivity index (χ4n) is 2.77. The van der Waals surface area contributed by atoms with Crippen molar-refractivity contribution in [1.82, 2.24) is 9.55 Å². The van der Waals surface area contributed by atoms with Crippen LogP contribution in [0.4, 0.5) is 5.69 Å². The molecule has 1 amide bonds. The minimum absolute atomic E-state index is 0.0778. The molecule has 7 heteroatoms. The van der Waals surface area contributed by atoms with E-state index in [0.29, 0.717) is 42.1 Å². The third kappa shape index (κ3) is 5.92. The van der Waals surface area contributed by atoms with Crippen LogP contribution in [0.15, 0.2) is 23.4 Å². The largest absolute Gasteiger partial charge is 0.490 e. The van der Waals surface area contributed by atoms with E-state index in [4.69, 9.17) is 9.47 Å². The lowest BCUT2D eigenvalue weighted by Crippen LogP contribution is -2.15. The Labute approximate surface area is 172 Å². The first-order valence-electron chi connectivity index (χ1n) is 9.71. The number of carbonyl (C=O) groups is 1. The predicted molar refractivity (Wildman–Crippen MR) is 115 cm³/mol. The Balaban J connectivity index is 2.03. The first-order chi connectivity index (χ1) is 13.3. The number of aryl methyl sites for hydroxylation is 1. The van der Waals surface area contributed by atoms with Crippen LogP contribution in [0.2, 0.25) is 0 Å². The van der Waals surface area contributed by atoms with Gasteiger partial charge in [-0.05, 0) is 45.7 Å². The number of nitrogens with zero attached hydrogens (tertiary/aromatic N) is 2. The summed E-state index contributed by atoms with van der Waals surface area (Å²) >= 11 is 1.46. The first-order valence-corrected chi connectivity index (χ1v) is 10.7. The highest BCUT2D eigenvalue weighted by Gasteiger charge is 2.15. The van der Waals surface area contributed by atoms with Gasteiger partial charge in [-0.2, -0.15) is 0 Å². The maximum absolute atomic E-state index is 12.4. The summed E-state index contributed by atoms with van der Waals surface area (Å²) in [5.74, 6) is 2.05. The van der Waals surface area contributed by atoms with Gasteiger partial charge in [0.2, 0.25) is 5.91 Å². The van der Waals surface area contributed by atoms with Crippen molar-refractivity contribution in [3.8, 4) is 11.5 Å². The number of benzene rings is 1. The molecule has 1 heterocycles. The number of thioether (sulfide) groups is 1. The van der Waals surface area contributed by atoms with Crippen LogP contribution in [-0.4, -0.2) is 34.4 Å². The van der Waals surface area contributed by atoms with Gasteiger partial charge in [-0.1, -0.05) is 25.6 Å². The van der Waals surface area contributed by atoms with E-state index in [1.165, 1.54) is 11.8 Å². The Kier molecular flexibility index (Phi) is 8.23. The summed E-state index contributed by atoms with van der Waals surface area (Å²) in [4.78, 5) is 17.1. The number of hydrogen-bond acceptors (Lipinski definition) is 5. The number of amides is 1. The molecule has 2 rings (SSSR count). The second kappa shape index (κ2) is 10.4. The lowest BCUT2D eigenvalue weighted by Gasteiger charge is -2.13. The molecular formula is C21H31N3O3S. The molecule has 0 fully saturated rings. The van der Waals surface area contributed by atoms with Gasteiger partial charge >= 0.3 is 0 Å². The lowest BCUT2D eigenvalue weighted by atomic mass is 10.2. The molecule has 1 aromatic heterocycles. The van der Waals surface area contributed by atoms with Crippen molar-refractivity contribution in [3.63, 3.8) is 0 Å². The van der Waals surface area contributed by atoms with Gasteiger partial charge in [0.05, 0.1) is 24.7 Å². The van der Waals surface area contributed by atoms with Gasteiger partial charge in [-0.15, -0.1) is 0 Å². The molecule has 0 aliphatic rings. The number of ether oxygens (including phenoxy) is 2. The van der Waals surface area contributed by atoms with E-state index >= 15 is 0 Å². The molecule has 2 aromatic rings. The summed E-state index contributed by atoms with van der Waals surface area (Å²) in [5.41, 5.74) is 2.86. The molecule has 0 aliphatic heterocycles. The van der Waals surface area contributed by atoms with Crippen LogP contribution in [-0.2, 0) is 11.3 Å². The molecular weight excluding hydrogens is 374 g/mol. The molecule has 0 bridgehead atoms. The summed E-state index contributed by atoms with van der Waals surface area (Å²) < 4.78 is 13.4. The van der Waals surface area contributed by atoms with Crippen molar-refractivity contribution in [2.24, 2.45) is 5.92 Å². The third-order valence-electron chi connectivity index (χ3n) is 4.13. The molecule has 1 N–H and O–H groups in total. The minimum atomic E-state index is -0.0778. The average Bonchev–Trinajstić information content (AvgIpc) is 2.90. The van der Waals surface area contributed by atoms with Gasteiger partial charge in [0.15, 0.2) is 16.7 Å². The smallest absolute Gasteiger partial charge is 0.234 e. The fraction of sp³-hybridized carbons (Fsp3) is 0.524. The third-order valence-corrected chi connectivity index (χ3v) is 5.11. The van der Waals surface area contributed by atoms with Gasteiger partial charge in [0.25, 0.3) is 0 Å². The monoisotopic (exact) mass is 405 g/mol. The van der Waals surface area contributed by atoms with E-state index in [1.807, 2.05) is 32.9 Å². The average molecular weight is 406 g/mol. The van der Waals surface area contributed by atoms with Crippen LogP contribution in [0.3, 0.4) is 0 Å². The highest BCUT2D eigenvalue weighted by atomic mass is 32.2. The zero-order valence-electron chi connectivity index (χ0n) is 17.7. The van der Waals surface area contributed by atoms with Crippen LogP contribution < -0.4 is 14.8 Å². The van der Waals surface area contributed by atoms with E-state index in [2.05, 4.69) is 35.6 Å². The maximum atomic E-state index is 12.4. The number of aromatic nitrogens is 2. The van der Waals surface area contributed by atoms with E-state index < -0.39 is 0 Å². The summed E-state index contributed by atoms with van der Waals surface area (Å²) in [6.07, 6.45) is 0. The zero-order chi connectivity index (χ0) is 20.7. The first kappa shape index (κ1) is 22.1. The molecule has 0 spiro atoms.